The summed E-state index contributed by atoms with van der Waals surface area (Å²) in [6, 6.07) is 8.21. The van der Waals surface area contributed by atoms with Gasteiger partial charge in [0.15, 0.2) is 0 Å². The molecular formula is C16H17N3O6S. The molecule has 0 saturated carbocycles. The summed E-state index contributed by atoms with van der Waals surface area (Å²) < 4.78 is 29.8. The number of ether oxygens (including phenoxy) is 1. The fourth-order valence-corrected chi connectivity index (χ4v) is 3.32. The predicted molar refractivity (Wildman–Crippen MR) is 93.4 cm³/mol. The second-order valence-corrected chi connectivity index (χ2v) is 7.12. The van der Waals surface area contributed by atoms with Gasteiger partial charge in [-0.15, -0.1) is 4.83 Å². The Balaban J connectivity index is 2.27. The highest BCUT2D eigenvalue weighted by molar-refractivity contribution is 7.89. The van der Waals surface area contributed by atoms with Crippen molar-refractivity contribution in [2.45, 2.75) is 18.7 Å². The highest BCUT2D eigenvalue weighted by Gasteiger charge is 2.24. The third kappa shape index (κ3) is 4.16. The molecule has 0 bridgehead atoms. The van der Waals surface area contributed by atoms with E-state index in [9.17, 15) is 23.3 Å². The van der Waals surface area contributed by atoms with E-state index in [0.29, 0.717) is 11.1 Å². The lowest BCUT2D eigenvalue weighted by atomic mass is 10.1. The molecule has 0 saturated heterocycles. The maximum Gasteiger partial charge on any atom is 0.271 e. The van der Waals surface area contributed by atoms with Gasteiger partial charge >= 0.3 is 0 Å². The van der Waals surface area contributed by atoms with Crippen LogP contribution in [0, 0.1) is 24.0 Å². The highest BCUT2D eigenvalue weighted by atomic mass is 32.2. The number of nitro groups is 1. The van der Waals surface area contributed by atoms with E-state index in [1.165, 1.54) is 13.2 Å². The lowest BCUT2D eigenvalue weighted by Gasteiger charge is -2.12. The molecule has 0 aliphatic heterocycles. The van der Waals surface area contributed by atoms with Crippen molar-refractivity contribution in [1.82, 2.24) is 10.3 Å². The largest absolute Gasteiger partial charge is 0.495 e. The average Bonchev–Trinajstić information content (AvgIpc) is 2.59. The maximum atomic E-state index is 12.4. The van der Waals surface area contributed by atoms with Crippen molar-refractivity contribution in [3.63, 3.8) is 0 Å². The summed E-state index contributed by atoms with van der Waals surface area (Å²) in [7, 11) is -3.06. The van der Waals surface area contributed by atoms with Crippen LogP contribution in [0.15, 0.2) is 41.3 Å². The molecule has 0 fully saturated rings. The molecule has 1 amide bonds. The molecule has 0 aliphatic carbocycles. The SMILES string of the molecule is COc1ccc([N+](=O)[O-])cc1S(=O)(=O)NNC(=O)c1ccc(C)cc1C. The number of non-ortho nitro benzene ring substituents is 1. The lowest BCUT2D eigenvalue weighted by Crippen LogP contribution is -2.41. The number of hydrogen-bond donors (Lipinski definition) is 2. The van der Waals surface area contributed by atoms with Crippen molar-refractivity contribution in [3.8, 4) is 5.75 Å². The number of hydrogen-bond acceptors (Lipinski definition) is 6. The maximum absolute atomic E-state index is 12.4. The fraction of sp³-hybridized carbons (Fsp3) is 0.188. The summed E-state index contributed by atoms with van der Waals surface area (Å²) in [4.78, 5) is 23.8. The van der Waals surface area contributed by atoms with E-state index in [0.717, 1.165) is 17.7 Å². The predicted octanol–water partition coefficient (Wildman–Crippen LogP) is 1.84. The molecule has 2 aromatic rings. The van der Waals surface area contributed by atoms with Crippen molar-refractivity contribution in [3.05, 3.63) is 63.2 Å². The van der Waals surface area contributed by atoms with Crippen LogP contribution in [0.4, 0.5) is 5.69 Å². The Morgan fingerprint density at radius 3 is 2.42 bits per heavy atom. The first-order valence-electron chi connectivity index (χ1n) is 7.37. The van der Waals surface area contributed by atoms with Crippen LogP contribution in [0.2, 0.25) is 0 Å². The van der Waals surface area contributed by atoms with E-state index in [4.69, 9.17) is 4.74 Å². The molecule has 26 heavy (non-hydrogen) atoms. The van der Waals surface area contributed by atoms with E-state index < -0.39 is 31.4 Å². The van der Waals surface area contributed by atoms with Gasteiger partial charge in [0.25, 0.3) is 21.6 Å². The van der Waals surface area contributed by atoms with E-state index in [1.54, 1.807) is 25.1 Å². The third-order valence-corrected chi connectivity index (χ3v) is 4.84. The first-order chi connectivity index (χ1) is 12.2. The van der Waals surface area contributed by atoms with Crippen LogP contribution >= 0.6 is 0 Å². The van der Waals surface area contributed by atoms with Crippen molar-refractivity contribution in [2.75, 3.05) is 7.11 Å². The molecule has 0 heterocycles. The minimum absolute atomic E-state index is 0.0936. The van der Waals surface area contributed by atoms with E-state index in [1.807, 2.05) is 11.8 Å². The van der Waals surface area contributed by atoms with E-state index >= 15 is 0 Å². The molecule has 138 valence electrons. The van der Waals surface area contributed by atoms with Gasteiger partial charge in [-0.2, -0.15) is 0 Å². The zero-order valence-electron chi connectivity index (χ0n) is 14.3. The van der Waals surface area contributed by atoms with Crippen LogP contribution < -0.4 is 15.0 Å². The normalized spacial score (nSPS) is 11.0. The van der Waals surface area contributed by atoms with Gasteiger partial charge in [-0.25, -0.2) is 8.42 Å². The first-order valence-corrected chi connectivity index (χ1v) is 8.86. The lowest BCUT2D eigenvalue weighted by molar-refractivity contribution is -0.385. The van der Waals surface area contributed by atoms with Crippen LogP contribution in [0.1, 0.15) is 21.5 Å². The number of benzene rings is 2. The molecule has 10 heteroatoms. The fourth-order valence-electron chi connectivity index (χ4n) is 2.29. The summed E-state index contributed by atoms with van der Waals surface area (Å²) in [5, 5.41) is 10.9. The Hall–Kier alpha value is -2.98. The summed E-state index contributed by atoms with van der Waals surface area (Å²) in [5.41, 5.74) is 3.60. The van der Waals surface area contributed by atoms with Crippen LogP contribution in [0.25, 0.3) is 0 Å². The number of rotatable bonds is 6. The Morgan fingerprint density at radius 1 is 1.15 bits per heavy atom. The zero-order valence-corrected chi connectivity index (χ0v) is 15.1. The van der Waals surface area contributed by atoms with Crippen LogP contribution in [0.3, 0.4) is 0 Å². The van der Waals surface area contributed by atoms with Crippen LogP contribution in [-0.2, 0) is 10.0 Å². The van der Waals surface area contributed by atoms with Gasteiger partial charge in [-0.05, 0) is 31.5 Å². The van der Waals surface area contributed by atoms with Crippen molar-refractivity contribution in [1.29, 1.82) is 0 Å². The minimum atomic E-state index is -4.29. The Morgan fingerprint density at radius 2 is 1.85 bits per heavy atom. The number of nitrogens with zero attached hydrogens (tertiary/aromatic N) is 1. The number of hydrazine groups is 1. The Labute approximate surface area is 150 Å². The molecule has 2 N–H and O–H groups in total. The highest BCUT2D eigenvalue weighted by Crippen LogP contribution is 2.27. The molecule has 0 spiro atoms. The molecule has 0 atom stereocenters. The van der Waals surface area contributed by atoms with Gasteiger partial charge in [-0.3, -0.25) is 20.3 Å². The summed E-state index contributed by atoms with van der Waals surface area (Å²) >= 11 is 0. The first kappa shape index (κ1) is 19.3. The molecular weight excluding hydrogens is 362 g/mol. The van der Waals surface area contributed by atoms with Crippen molar-refractivity contribution in [2.24, 2.45) is 0 Å². The Kier molecular flexibility index (Phi) is 5.58. The third-order valence-electron chi connectivity index (χ3n) is 3.57. The number of carbonyl (C=O) groups is 1. The van der Waals surface area contributed by atoms with Gasteiger partial charge in [0.1, 0.15) is 10.6 Å². The van der Waals surface area contributed by atoms with Gasteiger partial charge in [0.05, 0.1) is 12.0 Å². The van der Waals surface area contributed by atoms with E-state index in [2.05, 4.69) is 5.43 Å². The molecule has 0 aromatic heterocycles. The number of aryl methyl sites for hydroxylation is 2. The van der Waals surface area contributed by atoms with Gasteiger partial charge < -0.3 is 4.74 Å². The standard InChI is InChI=1S/C16H17N3O6S/c1-10-4-6-13(11(2)8-10)16(20)17-18-26(23,24)15-9-12(19(21)22)5-7-14(15)25-3/h4-9,18H,1-3H3,(H,17,20). The minimum Gasteiger partial charge on any atom is -0.495 e. The average molecular weight is 379 g/mol. The smallest absolute Gasteiger partial charge is 0.271 e. The number of sulfonamides is 1. The van der Waals surface area contributed by atoms with Crippen molar-refractivity contribution >= 4 is 21.6 Å². The Bertz CT molecular complexity index is 972. The van der Waals surface area contributed by atoms with E-state index in [-0.39, 0.29) is 5.75 Å². The second-order valence-electron chi connectivity index (χ2n) is 5.47. The number of nitrogens with one attached hydrogen (secondary N) is 2. The van der Waals surface area contributed by atoms with Crippen LogP contribution in [-0.4, -0.2) is 26.4 Å². The van der Waals surface area contributed by atoms with Crippen LogP contribution in [0.5, 0.6) is 5.75 Å². The second kappa shape index (κ2) is 7.50. The summed E-state index contributed by atoms with van der Waals surface area (Å²) in [5.74, 6) is -0.751. The van der Waals surface area contributed by atoms with Gasteiger partial charge in [-0.1, -0.05) is 17.7 Å². The zero-order chi connectivity index (χ0) is 19.5. The number of nitro benzene ring substituents is 1. The quantitative estimate of drug-likeness (QED) is 0.582. The summed E-state index contributed by atoms with van der Waals surface area (Å²) in [6.07, 6.45) is 0. The number of carbonyl (C=O) groups excluding carboxylic acids is 1. The molecule has 9 nitrogen and oxygen atoms in total. The molecule has 0 radical (unpaired) electrons. The van der Waals surface area contributed by atoms with Crippen molar-refractivity contribution < 1.29 is 22.9 Å². The summed E-state index contributed by atoms with van der Waals surface area (Å²) in [6.45, 7) is 3.59. The topological polar surface area (TPSA) is 128 Å². The number of methoxy groups -OCH3 is 1. The molecule has 0 aliphatic rings. The number of amides is 1. The molecule has 2 rings (SSSR count). The monoisotopic (exact) mass is 379 g/mol. The van der Waals surface area contributed by atoms with Gasteiger partial charge in [0, 0.05) is 17.7 Å². The molecule has 2 aromatic carbocycles. The van der Waals surface area contributed by atoms with Gasteiger partial charge in [0.2, 0.25) is 0 Å². The molecule has 0 unspecified atom stereocenters.